The van der Waals surface area contributed by atoms with Crippen LogP contribution < -0.4 is 5.32 Å². The first kappa shape index (κ1) is 16.9. The van der Waals surface area contributed by atoms with Crippen LogP contribution in [-0.4, -0.2) is 62.7 Å². The molecule has 0 aliphatic heterocycles. The van der Waals surface area contributed by atoms with Gasteiger partial charge in [0.2, 0.25) is 0 Å². The fourth-order valence-electron chi connectivity index (χ4n) is 3.24. The monoisotopic (exact) mass is 269 g/mol. The van der Waals surface area contributed by atoms with Crippen LogP contribution in [0, 0.1) is 5.92 Å². The second-order valence-electron chi connectivity index (χ2n) is 6.31. The molecule has 0 bridgehead atoms. The van der Waals surface area contributed by atoms with Crippen molar-refractivity contribution in [3.63, 3.8) is 0 Å². The van der Waals surface area contributed by atoms with Crippen molar-refractivity contribution in [1.82, 2.24) is 15.1 Å². The van der Waals surface area contributed by atoms with Gasteiger partial charge in [-0.2, -0.15) is 0 Å². The molecule has 0 saturated heterocycles. The van der Waals surface area contributed by atoms with Gasteiger partial charge in [-0.15, -0.1) is 0 Å². The molecule has 2 unspecified atom stereocenters. The van der Waals surface area contributed by atoms with Crippen molar-refractivity contribution in [2.75, 3.05) is 46.8 Å². The van der Waals surface area contributed by atoms with E-state index in [2.05, 4.69) is 43.1 Å². The molecule has 0 spiro atoms. The van der Waals surface area contributed by atoms with Crippen LogP contribution in [0.15, 0.2) is 0 Å². The van der Waals surface area contributed by atoms with Crippen LogP contribution in [0.5, 0.6) is 0 Å². The third-order valence-electron chi connectivity index (χ3n) is 4.27. The van der Waals surface area contributed by atoms with Crippen LogP contribution in [0.4, 0.5) is 0 Å². The lowest BCUT2D eigenvalue weighted by Crippen LogP contribution is -2.45. The molecule has 1 fully saturated rings. The first-order valence-electron chi connectivity index (χ1n) is 8.27. The molecule has 1 N–H and O–H groups in total. The molecular weight excluding hydrogens is 234 g/mol. The highest BCUT2D eigenvalue weighted by molar-refractivity contribution is 4.83. The quantitative estimate of drug-likeness (QED) is 0.693. The fourth-order valence-corrected chi connectivity index (χ4v) is 3.24. The molecule has 0 aromatic heterocycles. The van der Waals surface area contributed by atoms with E-state index < -0.39 is 0 Å². The zero-order chi connectivity index (χ0) is 14.1. The van der Waals surface area contributed by atoms with Crippen LogP contribution in [0.1, 0.15) is 46.0 Å². The summed E-state index contributed by atoms with van der Waals surface area (Å²) in [6.45, 7) is 10.6. The van der Waals surface area contributed by atoms with E-state index in [-0.39, 0.29) is 0 Å². The maximum atomic E-state index is 3.71. The summed E-state index contributed by atoms with van der Waals surface area (Å²) in [7, 11) is 4.35. The van der Waals surface area contributed by atoms with Gasteiger partial charge >= 0.3 is 0 Å². The van der Waals surface area contributed by atoms with Gasteiger partial charge in [0.25, 0.3) is 0 Å². The molecule has 2 atom stereocenters. The van der Waals surface area contributed by atoms with Gasteiger partial charge in [-0.1, -0.05) is 26.7 Å². The summed E-state index contributed by atoms with van der Waals surface area (Å²) >= 11 is 0. The van der Waals surface area contributed by atoms with Gasteiger partial charge in [-0.3, -0.25) is 0 Å². The van der Waals surface area contributed by atoms with Gasteiger partial charge in [-0.05, 0) is 52.4 Å². The standard InChI is InChI=1S/C16H35N3/c1-5-11-19(13-12-18(3)4)14-15-9-7-8-10-16(15)17-6-2/h15-17H,5-14H2,1-4H3. The fraction of sp³-hybridized carbons (Fsp3) is 1.00. The van der Waals surface area contributed by atoms with Crippen molar-refractivity contribution in [1.29, 1.82) is 0 Å². The number of likely N-dealkylation sites (N-methyl/N-ethyl adjacent to an activating group) is 1. The molecule has 114 valence electrons. The van der Waals surface area contributed by atoms with Gasteiger partial charge in [0, 0.05) is 25.7 Å². The molecule has 0 amide bonds. The minimum absolute atomic E-state index is 0.762. The average molecular weight is 269 g/mol. The Balaban J connectivity index is 2.44. The van der Waals surface area contributed by atoms with Crippen LogP contribution in [-0.2, 0) is 0 Å². The van der Waals surface area contributed by atoms with Crippen LogP contribution in [0.2, 0.25) is 0 Å². The van der Waals surface area contributed by atoms with Crippen molar-refractivity contribution < 1.29 is 0 Å². The van der Waals surface area contributed by atoms with Gasteiger partial charge in [0.1, 0.15) is 0 Å². The number of nitrogens with one attached hydrogen (secondary N) is 1. The minimum Gasteiger partial charge on any atom is -0.314 e. The van der Waals surface area contributed by atoms with E-state index in [1.54, 1.807) is 0 Å². The zero-order valence-electron chi connectivity index (χ0n) is 13.6. The molecule has 1 saturated carbocycles. The second-order valence-corrected chi connectivity index (χ2v) is 6.31. The summed E-state index contributed by atoms with van der Waals surface area (Å²) in [5, 5.41) is 3.71. The van der Waals surface area contributed by atoms with Crippen LogP contribution in [0.3, 0.4) is 0 Å². The Morgan fingerprint density at radius 3 is 2.37 bits per heavy atom. The Kier molecular flexibility index (Phi) is 8.67. The summed E-state index contributed by atoms with van der Waals surface area (Å²) in [4.78, 5) is 4.98. The van der Waals surface area contributed by atoms with Crippen molar-refractivity contribution in [3.8, 4) is 0 Å². The van der Waals surface area contributed by atoms with Crippen molar-refractivity contribution >= 4 is 0 Å². The Hall–Kier alpha value is -0.120. The maximum Gasteiger partial charge on any atom is 0.0109 e. The Bertz CT molecular complexity index is 216. The normalized spacial score (nSPS) is 24.3. The average Bonchev–Trinajstić information content (AvgIpc) is 2.38. The van der Waals surface area contributed by atoms with Gasteiger partial charge in [0.05, 0.1) is 0 Å². The maximum absolute atomic E-state index is 3.71. The first-order valence-corrected chi connectivity index (χ1v) is 8.27. The van der Waals surface area contributed by atoms with Gasteiger partial charge in [-0.25, -0.2) is 0 Å². The highest BCUT2D eigenvalue weighted by atomic mass is 15.2. The second kappa shape index (κ2) is 9.73. The van der Waals surface area contributed by atoms with E-state index in [0.29, 0.717) is 0 Å². The lowest BCUT2D eigenvalue weighted by atomic mass is 9.84. The molecule has 1 rings (SSSR count). The number of hydrogen-bond donors (Lipinski definition) is 1. The third kappa shape index (κ3) is 6.73. The molecule has 0 aromatic carbocycles. The Morgan fingerprint density at radius 2 is 1.74 bits per heavy atom. The molecule has 3 nitrogen and oxygen atoms in total. The van der Waals surface area contributed by atoms with E-state index in [4.69, 9.17) is 0 Å². The van der Waals surface area contributed by atoms with Crippen molar-refractivity contribution in [2.45, 2.75) is 52.0 Å². The highest BCUT2D eigenvalue weighted by Gasteiger charge is 2.25. The van der Waals surface area contributed by atoms with Crippen LogP contribution in [0.25, 0.3) is 0 Å². The van der Waals surface area contributed by atoms with E-state index in [0.717, 1.165) is 18.5 Å². The molecule has 0 heterocycles. The number of nitrogens with zero attached hydrogens (tertiary/aromatic N) is 2. The first-order chi connectivity index (χ1) is 9.17. The van der Waals surface area contributed by atoms with Gasteiger partial charge in [0.15, 0.2) is 0 Å². The number of hydrogen-bond acceptors (Lipinski definition) is 3. The largest absolute Gasteiger partial charge is 0.314 e. The summed E-state index contributed by atoms with van der Waals surface area (Å²) in [6.07, 6.45) is 6.91. The summed E-state index contributed by atoms with van der Waals surface area (Å²) in [6, 6.07) is 0.762. The Labute approximate surface area is 120 Å². The smallest absolute Gasteiger partial charge is 0.0109 e. The van der Waals surface area contributed by atoms with Crippen molar-refractivity contribution in [3.05, 3.63) is 0 Å². The summed E-state index contributed by atoms with van der Waals surface area (Å²) in [5.41, 5.74) is 0. The van der Waals surface area contributed by atoms with Crippen molar-refractivity contribution in [2.24, 2.45) is 5.92 Å². The van der Waals surface area contributed by atoms with E-state index in [1.165, 1.54) is 58.3 Å². The predicted octanol–water partition coefficient (Wildman–Crippen LogP) is 2.43. The van der Waals surface area contributed by atoms with E-state index in [1.807, 2.05) is 0 Å². The van der Waals surface area contributed by atoms with Crippen LogP contribution >= 0.6 is 0 Å². The molecular formula is C16H35N3. The highest BCUT2D eigenvalue weighted by Crippen LogP contribution is 2.25. The van der Waals surface area contributed by atoms with Gasteiger partial charge < -0.3 is 15.1 Å². The SMILES string of the molecule is CCCN(CCN(C)C)CC1CCCCC1NCC. The summed E-state index contributed by atoms with van der Waals surface area (Å²) in [5.74, 6) is 0.863. The Morgan fingerprint density at radius 1 is 1.00 bits per heavy atom. The topological polar surface area (TPSA) is 18.5 Å². The lowest BCUT2D eigenvalue weighted by Gasteiger charge is -2.36. The molecule has 3 heteroatoms. The zero-order valence-corrected chi connectivity index (χ0v) is 13.6. The molecule has 0 radical (unpaired) electrons. The number of rotatable bonds is 9. The molecule has 1 aliphatic rings. The minimum atomic E-state index is 0.762. The lowest BCUT2D eigenvalue weighted by molar-refractivity contribution is 0.159. The molecule has 19 heavy (non-hydrogen) atoms. The van der Waals surface area contributed by atoms with E-state index in [9.17, 15) is 0 Å². The predicted molar refractivity (Wildman–Crippen MR) is 84.7 cm³/mol. The third-order valence-corrected chi connectivity index (χ3v) is 4.27. The van der Waals surface area contributed by atoms with E-state index >= 15 is 0 Å². The molecule has 1 aliphatic carbocycles. The summed E-state index contributed by atoms with van der Waals surface area (Å²) < 4.78 is 0. The molecule has 0 aromatic rings.